The van der Waals surface area contributed by atoms with E-state index in [1.165, 1.54) is 6.07 Å². The van der Waals surface area contributed by atoms with Gasteiger partial charge in [-0.1, -0.05) is 6.07 Å². The van der Waals surface area contributed by atoms with Crippen LogP contribution < -0.4 is 4.74 Å². The second kappa shape index (κ2) is 4.79. The third-order valence-electron chi connectivity index (χ3n) is 2.23. The van der Waals surface area contributed by atoms with Crippen LogP contribution in [-0.2, 0) is 20.4 Å². The molecule has 0 amide bonds. The van der Waals surface area contributed by atoms with Crippen molar-refractivity contribution in [2.75, 3.05) is 6.61 Å². The summed E-state index contributed by atoms with van der Waals surface area (Å²) in [4.78, 5) is 22.1. The van der Waals surface area contributed by atoms with E-state index in [9.17, 15) is 22.8 Å². The summed E-state index contributed by atoms with van der Waals surface area (Å²) in [5.41, 5.74) is -0.947. The van der Waals surface area contributed by atoms with Gasteiger partial charge in [-0.05, 0) is 18.2 Å². The minimum Gasteiger partial charge on any atom is -0.430 e. The Morgan fingerprint density at radius 3 is 2.68 bits per heavy atom. The van der Waals surface area contributed by atoms with Crippen LogP contribution in [0.25, 0.3) is 0 Å². The number of carbonyl (C=O) groups excluding carboxylic acids is 2. The summed E-state index contributed by atoms with van der Waals surface area (Å²) in [6, 6.07) is 3.80. The third-order valence-corrected chi connectivity index (χ3v) is 2.23. The minimum absolute atomic E-state index is 0.289. The minimum atomic E-state index is -4.54. The van der Waals surface area contributed by atoms with Gasteiger partial charge < -0.3 is 14.2 Å². The highest BCUT2D eigenvalue weighted by Gasteiger charge is 2.34. The standard InChI is InChI=1S/C11H7F3O5/c12-11(13,14)6-2-1-3-7(4-6)18-9(15)8-5-17-10(16)19-8/h1-4,8H,5H2. The summed E-state index contributed by atoms with van der Waals surface area (Å²) in [5, 5.41) is 0. The highest BCUT2D eigenvalue weighted by atomic mass is 19.4. The van der Waals surface area contributed by atoms with Crippen LogP contribution in [0.4, 0.5) is 18.0 Å². The normalized spacial score (nSPS) is 18.7. The zero-order valence-corrected chi connectivity index (χ0v) is 9.27. The molecule has 1 saturated heterocycles. The molecule has 1 unspecified atom stereocenters. The maximum Gasteiger partial charge on any atom is 0.509 e. The van der Waals surface area contributed by atoms with Gasteiger partial charge in [0.1, 0.15) is 12.4 Å². The summed E-state index contributed by atoms with van der Waals surface area (Å²) < 4.78 is 50.8. The molecule has 1 aromatic carbocycles. The Bertz CT molecular complexity index is 511. The number of carbonyl (C=O) groups is 2. The molecule has 1 fully saturated rings. The maximum absolute atomic E-state index is 12.4. The van der Waals surface area contributed by atoms with E-state index in [0.717, 1.165) is 12.1 Å². The highest BCUT2D eigenvalue weighted by molar-refractivity contribution is 5.81. The fourth-order valence-electron chi connectivity index (χ4n) is 1.36. The highest BCUT2D eigenvalue weighted by Crippen LogP contribution is 2.31. The molecule has 8 heteroatoms. The Hall–Kier alpha value is -2.25. The van der Waals surface area contributed by atoms with Gasteiger partial charge >= 0.3 is 18.3 Å². The van der Waals surface area contributed by atoms with Crippen molar-refractivity contribution in [1.82, 2.24) is 0 Å². The van der Waals surface area contributed by atoms with Crippen LogP contribution in [0.5, 0.6) is 5.75 Å². The van der Waals surface area contributed by atoms with Crippen LogP contribution in [0.1, 0.15) is 5.56 Å². The summed E-state index contributed by atoms with van der Waals surface area (Å²) in [5.74, 6) is -1.28. The lowest BCUT2D eigenvalue weighted by Crippen LogP contribution is -2.27. The number of alkyl halides is 3. The maximum atomic E-state index is 12.4. The summed E-state index contributed by atoms with van der Waals surface area (Å²) in [6.07, 6.45) is -6.82. The second-order valence-electron chi connectivity index (χ2n) is 3.61. The molecule has 5 nitrogen and oxygen atoms in total. The molecular weight excluding hydrogens is 269 g/mol. The first-order valence-electron chi connectivity index (χ1n) is 5.08. The van der Waals surface area contributed by atoms with Gasteiger partial charge in [-0.2, -0.15) is 13.2 Å². The van der Waals surface area contributed by atoms with Crippen LogP contribution in [0.2, 0.25) is 0 Å². The Labute approximate surface area is 104 Å². The molecule has 0 spiro atoms. The molecule has 102 valence electrons. The molecule has 1 aliphatic heterocycles. The SMILES string of the molecule is O=C1OCC(C(=O)Oc2cccc(C(F)(F)F)c2)O1. The van der Waals surface area contributed by atoms with Crippen molar-refractivity contribution in [2.24, 2.45) is 0 Å². The van der Waals surface area contributed by atoms with Crippen molar-refractivity contribution in [2.45, 2.75) is 12.3 Å². The lowest BCUT2D eigenvalue weighted by molar-refractivity contribution is -0.143. The molecule has 0 bridgehead atoms. The first-order valence-corrected chi connectivity index (χ1v) is 5.08. The Morgan fingerprint density at radius 1 is 1.37 bits per heavy atom. The van der Waals surface area contributed by atoms with E-state index in [2.05, 4.69) is 14.2 Å². The Morgan fingerprint density at radius 2 is 2.11 bits per heavy atom. The molecule has 0 aliphatic carbocycles. The van der Waals surface area contributed by atoms with Gasteiger partial charge in [-0.3, -0.25) is 0 Å². The molecule has 1 heterocycles. The molecule has 19 heavy (non-hydrogen) atoms. The van der Waals surface area contributed by atoms with Crippen molar-refractivity contribution in [3.63, 3.8) is 0 Å². The molecular formula is C11H7F3O5. The van der Waals surface area contributed by atoms with E-state index < -0.39 is 30.0 Å². The average Bonchev–Trinajstić information content (AvgIpc) is 2.75. The van der Waals surface area contributed by atoms with E-state index >= 15 is 0 Å². The molecule has 0 saturated carbocycles. The third kappa shape index (κ3) is 3.15. The van der Waals surface area contributed by atoms with E-state index in [0.29, 0.717) is 6.07 Å². The van der Waals surface area contributed by atoms with Crippen LogP contribution in [0, 0.1) is 0 Å². The van der Waals surface area contributed by atoms with Gasteiger partial charge in [0.2, 0.25) is 6.10 Å². The molecule has 0 aromatic heterocycles. The number of halogens is 3. The zero-order valence-electron chi connectivity index (χ0n) is 9.27. The summed E-state index contributed by atoms with van der Waals surface area (Å²) in [7, 11) is 0. The van der Waals surface area contributed by atoms with Gasteiger partial charge in [0, 0.05) is 0 Å². The second-order valence-corrected chi connectivity index (χ2v) is 3.61. The fraction of sp³-hybridized carbons (Fsp3) is 0.273. The van der Waals surface area contributed by atoms with Gasteiger partial charge in [0.15, 0.2) is 0 Å². The van der Waals surface area contributed by atoms with Crippen molar-refractivity contribution in [1.29, 1.82) is 0 Å². The number of benzene rings is 1. The summed E-state index contributed by atoms with van der Waals surface area (Å²) in [6.45, 7) is -0.323. The molecule has 1 aliphatic rings. The van der Waals surface area contributed by atoms with Gasteiger partial charge in [0.05, 0.1) is 5.56 Å². The number of hydrogen-bond acceptors (Lipinski definition) is 5. The molecule has 1 atom stereocenters. The monoisotopic (exact) mass is 276 g/mol. The van der Waals surface area contributed by atoms with E-state index in [4.69, 9.17) is 0 Å². The van der Waals surface area contributed by atoms with E-state index in [1.807, 2.05) is 0 Å². The van der Waals surface area contributed by atoms with E-state index in [1.54, 1.807) is 0 Å². The van der Waals surface area contributed by atoms with Crippen LogP contribution in [-0.4, -0.2) is 24.8 Å². The lowest BCUT2D eigenvalue weighted by Gasteiger charge is -2.10. The first kappa shape index (κ1) is 13.2. The van der Waals surface area contributed by atoms with E-state index in [-0.39, 0.29) is 12.4 Å². The number of ether oxygens (including phenoxy) is 3. The molecule has 0 N–H and O–H groups in total. The first-order chi connectivity index (χ1) is 8.86. The smallest absolute Gasteiger partial charge is 0.430 e. The van der Waals surface area contributed by atoms with Crippen molar-refractivity contribution in [3.05, 3.63) is 29.8 Å². The van der Waals surface area contributed by atoms with Gasteiger partial charge in [-0.25, -0.2) is 9.59 Å². The Balaban J connectivity index is 2.07. The predicted octanol–water partition coefficient (Wildman–Crippen LogP) is 2.15. The number of hydrogen-bond donors (Lipinski definition) is 0. The Kier molecular flexibility index (Phi) is 3.32. The average molecular weight is 276 g/mol. The summed E-state index contributed by atoms with van der Waals surface area (Å²) >= 11 is 0. The van der Waals surface area contributed by atoms with Gasteiger partial charge in [-0.15, -0.1) is 0 Å². The number of esters is 1. The number of rotatable bonds is 2. The topological polar surface area (TPSA) is 61.8 Å². The molecule has 2 rings (SSSR count). The van der Waals surface area contributed by atoms with Gasteiger partial charge in [0.25, 0.3) is 0 Å². The van der Waals surface area contributed by atoms with Crippen molar-refractivity contribution >= 4 is 12.1 Å². The van der Waals surface area contributed by atoms with Crippen molar-refractivity contribution in [3.8, 4) is 5.75 Å². The number of cyclic esters (lactones) is 2. The van der Waals surface area contributed by atoms with Crippen LogP contribution in [0.15, 0.2) is 24.3 Å². The predicted molar refractivity (Wildman–Crippen MR) is 53.3 cm³/mol. The van der Waals surface area contributed by atoms with Crippen LogP contribution in [0.3, 0.4) is 0 Å². The van der Waals surface area contributed by atoms with Crippen molar-refractivity contribution < 1.29 is 37.0 Å². The largest absolute Gasteiger partial charge is 0.509 e. The fourth-order valence-corrected chi connectivity index (χ4v) is 1.36. The zero-order chi connectivity index (χ0) is 14.0. The molecule has 0 radical (unpaired) electrons. The van der Waals surface area contributed by atoms with Crippen LogP contribution >= 0.6 is 0 Å². The lowest BCUT2D eigenvalue weighted by atomic mass is 10.2. The molecule has 1 aromatic rings. The quantitative estimate of drug-likeness (QED) is 0.611.